The minimum absolute atomic E-state index is 0.0246. The molecule has 0 N–H and O–H groups in total. The molecule has 1 aromatic rings. The zero-order valence-corrected chi connectivity index (χ0v) is 10.4. The largest absolute Gasteiger partial charge is 0.465 e. The first-order valence-corrected chi connectivity index (χ1v) is 6.52. The van der Waals surface area contributed by atoms with E-state index in [2.05, 4.69) is 19.1 Å². The number of unbranched alkanes of at least 4 members (excludes halogenated alkanes) is 1. The highest BCUT2D eigenvalue weighted by molar-refractivity contribution is 5.83. The molecule has 0 amide bonds. The van der Waals surface area contributed by atoms with Crippen molar-refractivity contribution in [1.82, 2.24) is 0 Å². The van der Waals surface area contributed by atoms with Crippen LogP contribution in [0.3, 0.4) is 0 Å². The van der Waals surface area contributed by atoms with E-state index < -0.39 is 0 Å². The number of esters is 1. The van der Waals surface area contributed by atoms with Gasteiger partial charge in [0, 0.05) is 0 Å². The quantitative estimate of drug-likeness (QED) is 0.743. The molecule has 0 spiro atoms. The lowest BCUT2D eigenvalue weighted by Crippen LogP contribution is -2.41. The third-order valence-electron chi connectivity index (χ3n) is 3.66. The second-order valence-electron chi connectivity index (χ2n) is 4.79. The van der Waals surface area contributed by atoms with Crippen LogP contribution in [0.15, 0.2) is 30.3 Å². The smallest absolute Gasteiger partial charge is 0.316 e. The van der Waals surface area contributed by atoms with E-state index in [0.717, 1.165) is 37.7 Å². The Kier molecular flexibility index (Phi) is 3.82. The van der Waals surface area contributed by atoms with Crippen molar-refractivity contribution in [3.8, 4) is 0 Å². The van der Waals surface area contributed by atoms with E-state index >= 15 is 0 Å². The Hall–Kier alpha value is -1.31. The number of carbonyl (C=O) groups is 1. The van der Waals surface area contributed by atoms with Crippen molar-refractivity contribution in [3.63, 3.8) is 0 Å². The Morgan fingerprint density at radius 1 is 1.29 bits per heavy atom. The van der Waals surface area contributed by atoms with E-state index in [-0.39, 0.29) is 11.4 Å². The van der Waals surface area contributed by atoms with Crippen molar-refractivity contribution in [2.45, 2.75) is 44.4 Å². The Bertz CT molecular complexity index is 372. The summed E-state index contributed by atoms with van der Waals surface area (Å²) in [5, 5.41) is 0. The molecule has 1 atom stereocenters. The summed E-state index contributed by atoms with van der Waals surface area (Å²) in [5.74, 6) is -0.0246. The highest BCUT2D eigenvalue weighted by Crippen LogP contribution is 2.38. The molecule has 0 saturated carbocycles. The van der Waals surface area contributed by atoms with Gasteiger partial charge in [-0.15, -0.1) is 0 Å². The number of hydrogen-bond acceptors (Lipinski definition) is 2. The number of ether oxygens (including phenoxy) is 1. The average molecular weight is 232 g/mol. The summed E-state index contributed by atoms with van der Waals surface area (Å²) in [6, 6.07) is 10.1. The summed E-state index contributed by atoms with van der Waals surface area (Å²) < 4.78 is 5.31. The lowest BCUT2D eigenvalue weighted by atomic mass is 9.72. The van der Waals surface area contributed by atoms with Gasteiger partial charge in [-0.2, -0.15) is 0 Å². The second-order valence-corrected chi connectivity index (χ2v) is 4.79. The third-order valence-corrected chi connectivity index (χ3v) is 3.66. The molecule has 92 valence electrons. The van der Waals surface area contributed by atoms with E-state index in [0.29, 0.717) is 6.61 Å². The van der Waals surface area contributed by atoms with E-state index in [9.17, 15) is 4.79 Å². The third kappa shape index (κ3) is 2.36. The number of hydrogen-bond donors (Lipinski definition) is 0. The predicted octanol–water partition coefficient (Wildman–Crippen LogP) is 3.45. The van der Waals surface area contributed by atoms with Crippen LogP contribution in [0, 0.1) is 0 Å². The Morgan fingerprint density at radius 2 is 2.06 bits per heavy atom. The molecule has 1 saturated heterocycles. The van der Waals surface area contributed by atoms with Crippen LogP contribution >= 0.6 is 0 Å². The van der Waals surface area contributed by atoms with Gasteiger partial charge in [-0.1, -0.05) is 50.1 Å². The molecule has 1 unspecified atom stereocenters. The van der Waals surface area contributed by atoms with Crippen molar-refractivity contribution >= 4 is 5.97 Å². The molecule has 1 aliphatic rings. The van der Waals surface area contributed by atoms with Crippen LogP contribution in [0.5, 0.6) is 0 Å². The van der Waals surface area contributed by atoms with Gasteiger partial charge >= 0.3 is 5.97 Å². The van der Waals surface area contributed by atoms with Gasteiger partial charge in [0.2, 0.25) is 0 Å². The van der Waals surface area contributed by atoms with E-state index in [1.165, 1.54) is 0 Å². The molecule has 0 radical (unpaired) electrons. The molecule has 1 aliphatic heterocycles. The first-order valence-electron chi connectivity index (χ1n) is 6.52. The highest BCUT2D eigenvalue weighted by atomic mass is 16.5. The van der Waals surface area contributed by atoms with E-state index in [1.807, 2.05) is 18.2 Å². The van der Waals surface area contributed by atoms with Crippen molar-refractivity contribution in [1.29, 1.82) is 0 Å². The minimum atomic E-state index is -0.379. The fourth-order valence-corrected chi connectivity index (χ4v) is 2.65. The molecule has 2 heteroatoms. The Labute approximate surface area is 103 Å². The SMILES string of the molecule is CCCCC1(c2ccccc2)CCCOC1=O. The van der Waals surface area contributed by atoms with Gasteiger partial charge in [-0.3, -0.25) is 4.79 Å². The zero-order valence-electron chi connectivity index (χ0n) is 10.4. The summed E-state index contributed by atoms with van der Waals surface area (Å²) in [6.07, 6.45) is 5.00. The molecule has 0 bridgehead atoms. The van der Waals surface area contributed by atoms with Gasteiger partial charge in [-0.25, -0.2) is 0 Å². The lowest BCUT2D eigenvalue weighted by molar-refractivity contribution is -0.156. The number of carbonyl (C=O) groups excluding carboxylic acids is 1. The molecular weight excluding hydrogens is 212 g/mol. The Balaban J connectivity index is 2.32. The van der Waals surface area contributed by atoms with Crippen molar-refractivity contribution in [2.75, 3.05) is 6.61 Å². The molecule has 17 heavy (non-hydrogen) atoms. The zero-order chi connectivity index (χ0) is 12.1. The van der Waals surface area contributed by atoms with Crippen molar-refractivity contribution in [3.05, 3.63) is 35.9 Å². The van der Waals surface area contributed by atoms with Gasteiger partial charge in [-0.05, 0) is 24.8 Å². The van der Waals surface area contributed by atoms with Crippen molar-refractivity contribution in [2.24, 2.45) is 0 Å². The molecule has 2 rings (SSSR count). The van der Waals surface area contributed by atoms with Crippen LogP contribution in [0.25, 0.3) is 0 Å². The summed E-state index contributed by atoms with van der Waals surface area (Å²) in [5.41, 5.74) is 0.744. The average Bonchev–Trinajstić information content (AvgIpc) is 2.39. The summed E-state index contributed by atoms with van der Waals surface area (Å²) in [4.78, 5) is 12.2. The maximum Gasteiger partial charge on any atom is 0.316 e. The lowest BCUT2D eigenvalue weighted by Gasteiger charge is -2.35. The first-order chi connectivity index (χ1) is 8.29. The summed E-state index contributed by atoms with van der Waals surface area (Å²) in [7, 11) is 0. The number of rotatable bonds is 4. The molecule has 0 aliphatic carbocycles. The second kappa shape index (κ2) is 5.35. The van der Waals surface area contributed by atoms with Gasteiger partial charge in [0.05, 0.1) is 12.0 Å². The van der Waals surface area contributed by atoms with Gasteiger partial charge in [0.1, 0.15) is 0 Å². The van der Waals surface area contributed by atoms with Crippen molar-refractivity contribution < 1.29 is 9.53 Å². The monoisotopic (exact) mass is 232 g/mol. The van der Waals surface area contributed by atoms with Gasteiger partial charge in [0.15, 0.2) is 0 Å². The molecule has 1 fully saturated rings. The summed E-state index contributed by atoms with van der Waals surface area (Å²) in [6.45, 7) is 2.74. The first kappa shape index (κ1) is 12.2. The van der Waals surface area contributed by atoms with Crippen LogP contribution in [0.4, 0.5) is 0 Å². The maximum absolute atomic E-state index is 12.2. The molecule has 1 heterocycles. The molecular formula is C15H20O2. The Morgan fingerprint density at radius 3 is 2.71 bits per heavy atom. The van der Waals surface area contributed by atoms with Crippen LogP contribution in [-0.4, -0.2) is 12.6 Å². The maximum atomic E-state index is 12.2. The van der Waals surface area contributed by atoms with Crippen LogP contribution < -0.4 is 0 Å². The molecule has 0 aromatic heterocycles. The normalized spacial score (nSPS) is 24.4. The topological polar surface area (TPSA) is 26.3 Å². The molecule has 2 nitrogen and oxygen atoms in total. The van der Waals surface area contributed by atoms with Crippen LogP contribution in [0.1, 0.15) is 44.6 Å². The minimum Gasteiger partial charge on any atom is -0.465 e. The number of benzene rings is 1. The van der Waals surface area contributed by atoms with E-state index in [4.69, 9.17) is 4.74 Å². The van der Waals surface area contributed by atoms with Gasteiger partial charge < -0.3 is 4.74 Å². The predicted molar refractivity (Wildman–Crippen MR) is 67.8 cm³/mol. The fraction of sp³-hybridized carbons (Fsp3) is 0.533. The number of cyclic esters (lactones) is 1. The molecule has 1 aromatic carbocycles. The van der Waals surface area contributed by atoms with Crippen LogP contribution in [-0.2, 0) is 14.9 Å². The standard InChI is InChI=1S/C15H20O2/c1-2-3-10-15(11-7-12-17-14(15)16)13-8-5-4-6-9-13/h4-6,8-9H,2-3,7,10-12H2,1H3. The highest BCUT2D eigenvalue weighted by Gasteiger charge is 2.42. The summed E-state index contributed by atoms with van der Waals surface area (Å²) >= 11 is 0. The van der Waals surface area contributed by atoms with Gasteiger partial charge in [0.25, 0.3) is 0 Å². The fourth-order valence-electron chi connectivity index (χ4n) is 2.65. The van der Waals surface area contributed by atoms with E-state index in [1.54, 1.807) is 0 Å². The van der Waals surface area contributed by atoms with Crippen LogP contribution in [0.2, 0.25) is 0 Å².